The SMILES string of the molecule is CNC(=O)c1ccc(/C=C/C(=O)N2CCN(Cc3cccc(Cl)c3)CC2)cc1. The average molecular weight is 398 g/mol. The van der Waals surface area contributed by atoms with E-state index in [9.17, 15) is 9.59 Å². The Labute approximate surface area is 170 Å². The molecule has 1 heterocycles. The highest BCUT2D eigenvalue weighted by atomic mass is 35.5. The molecule has 2 aromatic carbocycles. The summed E-state index contributed by atoms with van der Waals surface area (Å²) in [6.07, 6.45) is 3.38. The van der Waals surface area contributed by atoms with E-state index in [2.05, 4.69) is 16.3 Å². The van der Waals surface area contributed by atoms with Crippen molar-refractivity contribution < 1.29 is 9.59 Å². The first-order valence-electron chi connectivity index (χ1n) is 9.31. The molecule has 0 aliphatic carbocycles. The molecule has 6 heteroatoms. The molecule has 1 saturated heterocycles. The second-order valence-electron chi connectivity index (χ2n) is 6.77. The molecule has 3 rings (SSSR count). The number of halogens is 1. The van der Waals surface area contributed by atoms with Crippen LogP contribution >= 0.6 is 11.6 Å². The van der Waals surface area contributed by atoms with Gasteiger partial charge < -0.3 is 10.2 Å². The topological polar surface area (TPSA) is 52.7 Å². The van der Waals surface area contributed by atoms with Crippen LogP contribution < -0.4 is 5.32 Å². The van der Waals surface area contributed by atoms with Crippen molar-refractivity contribution in [3.05, 3.63) is 76.3 Å². The monoisotopic (exact) mass is 397 g/mol. The standard InChI is InChI=1S/C22H24ClN3O2/c1-24-22(28)19-8-5-17(6-9-19)7-10-21(27)26-13-11-25(12-14-26)16-18-3-2-4-20(23)15-18/h2-10,15H,11-14,16H2,1H3,(H,24,28)/b10-7+. The van der Waals surface area contributed by atoms with Gasteiger partial charge >= 0.3 is 0 Å². The van der Waals surface area contributed by atoms with E-state index in [4.69, 9.17) is 11.6 Å². The molecule has 1 fully saturated rings. The summed E-state index contributed by atoms with van der Waals surface area (Å²) < 4.78 is 0. The van der Waals surface area contributed by atoms with Crippen molar-refractivity contribution >= 4 is 29.5 Å². The minimum atomic E-state index is -0.123. The highest BCUT2D eigenvalue weighted by Gasteiger charge is 2.19. The molecule has 28 heavy (non-hydrogen) atoms. The first kappa shape index (κ1) is 20.1. The van der Waals surface area contributed by atoms with Gasteiger partial charge in [0.05, 0.1) is 0 Å². The Morgan fingerprint density at radius 3 is 2.43 bits per heavy atom. The number of carbonyl (C=O) groups excluding carboxylic acids is 2. The van der Waals surface area contributed by atoms with Gasteiger partial charge in [-0.05, 0) is 41.5 Å². The van der Waals surface area contributed by atoms with Crippen LogP contribution in [0.5, 0.6) is 0 Å². The molecule has 0 saturated carbocycles. The lowest BCUT2D eigenvalue weighted by Gasteiger charge is -2.34. The largest absolute Gasteiger partial charge is 0.355 e. The Kier molecular flexibility index (Phi) is 6.85. The van der Waals surface area contributed by atoms with Crippen LogP contribution in [0.25, 0.3) is 6.08 Å². The third-order valence-corrected chi connectivity index (χ3v) is 5.03. The van der Waals surface area contributed by atoms with E-state index in [1.807, 2.05) is 35.2 Å². The van der Waals surface area contributed by atoms with Crippen LogP contribution in [0, 0.1) is 0 Å². The van der Waals surface area contributed by atoms with E-state index in [0.29, 0.717) is 18.7 Å². The summed E-state index contributed by atoms with van der Waals surface area (Å²) in [4.78, 5) is 28.2. The van der Waals surface area contributed by atoms with Gasteiger partial charge in [0, 0.05) is 56.4 Å². The highest BCUT2D eigenvalue weighted by Crippen LogP contribution is 2.14. The number of amides is 2. The fourth-order valence-electron chi connectivity index (χ4n) is 3.18. The van der Waals surface area contributed by atoms with Crippen molar-refractivity contribution in [1.82, 2.24) is 15.1 Å². The Balaban J connectivity index is 1.49. The predicted octanol–water partition coefficient (Wildman–Crippen LogP) is 3.06. The smallest absolute Gasteiger partial charge is 0.251 e. The van der Waals surface area contributed by atoms with Crippen molar-refractivity contribution in [2.24, 2.45) is 0 Å². The summed E-state index contributed by atoms with van der Waals surface area (Å²) in [6.45, 7) is 3.94. The maximum absolute atomic E-state index is 12.4. The minimum absolute atomic E-state index is 0.0118. The van der Waals surface area contributed by atoms with Gasteiger partial charge in [0.1, 0.15) is 0 Å². The van der Waals surface area contributed by atoms with Gasteiger partial charge in [-0.25, -0.2) is 0 Å². The molecule has 2 amide bonds. The number of nitrogens with one attached hydrogen (secondary N) is 1. The molecule has 146 valence electrons. The molecule has 0 unspecified atom stereocenters. The number of benzene rings is 2. The van der Waals surface area contributed by atoms with Gasteiger partial charge in [0.25, 0.3) is 5.91 Å². The Hall–Kier alpha value is -2.63. The van der Waals surface area contributed by atoms with E-state index in [0.717, 1.165) is 30.2 Å². The van der Waals surface area contributed by atoms with Crippen LogP contribution in [0.2, 0.25) is 5.02 Å². The number of piperazine rings is 1. The Morgan fingerprint density at radius 1 is 1.07 bits per heavy atom. The first-order chi connectivity index (χ1) is 13.5. The van der Waals surface area contributed by atoms with E-state index in [1.54, 1.807) is 31.3 Å². The minimum Gasteiger partial charge on any atom is -0.355 e. The van der Waals surface area contributed by atoms with Crippen molar-refractivity contribution in [1.29, 1.82) is 0 Å². The number of carbonyl (C=O) groups is 2. The zero-order valence-electron chi connectivity index (χ0n) is 15.9. The lowest BCUT2D eigenvalue weighted by atomic mass is 10.1. The summed E-state index contributed by atoms with van der Waals surface area (Å²) in [6, 6.07) is 15.0. The van der Waals surface area contributed by atoms with E-state index in [-0.39, 0.29) is 11.8 Å². The molecule has 0 radical (unpaired) electrons. The predicted molar refractivity (Wildman–Crippen MR) is 112 cm³/mol. The third kappa shape index (κ3) is 5.44. The lowest BCUT2D eigenvalue weighted by Crippen LogP contribution is -2.47. The molecule has 1 N–H and O–H groups in total. The van der Waals surface area contributed by atoms with Gasteiger partial charge in [0.2, 0.25) is 5.91 Å². The molecular formula is C22H24ClN3O2. The molecular weight excluding hydrogens is 374 g/mol. The van der Waals surface area contributed by atoms with Crippen LogP contribution in [-0.2, 0) is 11.3 Å². The molecule has 1 aliphatic heterocycles. The van der Waals surface area contributed by atoms with E-state index >= 15 is 0 Å². The second kappa shape index (κ2) is 9.53. The summed E-state index contributed by atoms with van der Waals surface area (Å²) in [5, 5.41) is 3.34. The Morgan fingerprint density at radius 2 is 1.79 bits per heavy atom. The van der Waals surface area contributed by atoms with Gasteiger partial charge in [-0.1, -0.05) is 35.9 Å². The number of nitrogens with zero attached hydrogens (tertiary/aromatic N) is 2. The number of hydrogen-bond acceptors (Lipinski definition) is 3. The third-order valence-electron chi connectivity index (χ3n) is 4.80. The second-order valence-corrected chi connectivity index (χ2v) is 7.20. The van der Waals surface area contributed by atoms with Gasteiger partial charge in [-0.2, -0.15) is 0 Å². The van der Waals surface area contributed by atoms with Gasteiger partial charge in [0.15, 0.2) is 0 Å². The van der Waals surface area contributed by atoms with Gasteiger partial charge in [-0.15, -0.1) is 0 Å². The summed E-state index contributed by atoms with van der Waals surface area (Å²) in [5.41, 5.74) is 2.68. The van der Waals surface area contributed by atoms with Crippen LogP contribution in [-0.4, -0.2) is 54.8 Å². The average Bonchev–Trinajstić information content (AvgIpc) is 2.72. The summed E-state index contributed by atoms with van der Waals surface area (Å²) >= 11 is 6.05. The zero-order valence-corrected chi connectivity index (χ0v) is 16.7. The normalized spacial score (nSPS) is 15.0. The Bertz CT molecular complexity index is 856. The van der Waals surface area contributed by atoms with Gasteiger partial charge in [-0.3, -0.25) is 14.5 Å². The van der Waals surface area contributed by atoms with Crippen LogP contribution in [0.4, 0.5) is 0 Å². The molecule has 5 nitrogen and oxygen atoms in total. The zero-order chi connectivity index (χ0) is 19.9. The van der Waals surface area contributed by atoms with E-state index in [1.165, 1.54) is 5.56 Å². The maximum atomic E-state index is 12.4. The highest BCUT2D eigenvalue weighted by molar-refractivity contribution is 6.30. The number of rotatable bonds is 5. The lowest BCUT2D eigenvalue weighted by molar-refractivity contribution is -0.127. The molecule has 0 spiro atoms. The fraction of sp³-hybridized carbons (Fsp3) is 0.273. The molecule has 1 aliphatic rings. The fourth-order valence-corrected chi connectivity index (χ4v) is 3.40. The number of hydrogen-bond donors (Lipinski definition) is 1. The molecule has 2 aromatic rings. The van der Waals surface area contributed by atoms with Crippen LogP contribution in [0.15, 0.2) is 54.6 Å². The van der Waals surface area contributed by atoms with Crippen molar-refractivity contribution in [3.63, 3.8) is 0 Å². The molecule has 0 aromatic heterocycles. The summed E-state index contributed by atoms with van der Waals surface area (Å²) in [7, 11) is 1.60. The molecule has 0 bridgehead atoms. The van der Waals surface area contributed by atoms with Crippen LogP contribution in [0.1, 0.15) is 21.5 Å². The maximum Gasteiger partial charge on any atom is 0.251 e. The molecule has 0 atom stereocenters. The van der Waals surface area contributed by atoms with Crippen LogP contribution in [0.3, 0.4) is 0 Å². The quantitative estimate of drug-likeness (QED) is 0.789. The van der Waals surface area contributed by atoms with Crippen molar-refractivity contribution in [3.8, 4) is 0 Å². The summed E-state index contributed by atoms with van der Waals surface area (Å²) in [5.74, 6) is -0.111. The van der Waals surface area contributed by atoms with Crippen molar-refractivity contribution in [2.75, 3.05) is 33.2 Å². The first-order valence-corrected chi connectivity index (χ1v) is 9.69. The van der Waals surface area contributed by atoms with Crippen molar-refractivity contribution in [2.45, 2.75) is 6.54 Å². The van der Waals surface area contributed by atoms with E-state index < -0.39 is 0 Å².